The van der Waals surface area contributed by atoms with Crippen molar-refractivity contribution in [3.8, 4) is 0 Å². The van der Waals surface area contributed by atoms with Gasteiger partial charge in [0.2, 0.25) is 0 Å². The van der Waals surface area contributed by atoms with Crippen molar-refractivity contribution < 1.29 is 9.59 Å². The lowest BCUT2D eigenvalue weighted by Gasteiger charge is -2.18. The summed E-state index contributed by atoms with van der Waals surface area (Å²) in [5.74, 6) is 0.233. The average molecular weight is 416 g/mol. The van der Waals surface area contributed by atoms with Crippen LogP contribution in [0.3, 0.4) is 0 Å². The maximum Gasteiger partial charge on any atom is 0.257 e. The second kappa shape index (κ2) is 8.41. The van der Waals surface area contributed by atoms with Gasteiger partial charge in [-0.25, -0.2) is 0 Å². The normalized spacial score (nSPS) is 15.8. The predicted octanol–water partition coefficient (Wildman–Crippen LogP) is 4.22. The Balaban J connectivity index is 1.72. The van der Waals surface area contributed by atoms with Crippen LogP contribution in [-0.4, -0.2) is 16.9 Å². The molecule has 1 aromatic heterocycles. The molecule has 0 bridgehead atoms. The molecule has 0 saturated heterocycles. The summed E-state index contributed by atoms with van der Waals surface area (Å²) in [5, 5.41) is 6.47. The highest BCUT2D eigenvalue weighted by Crippen LogP contribution is 2.39. The zero-order chi connectivity index (χ0) is 20.4. The molecule has 2 amide bonds. The Morgan fingerprint density at radius 2 is 1.93 bits per heavy atom. The number of hydrogen-bond donors (Lipinski definition) is 3. The molecule has 148 valence electrons. The highest BCUT2D eigenvalue weighted by molar-refractivity contribution is 7.80. The van der Waals surface area contributed by atoms with Crippen LogP contribution in [0.4, 0.5) is 5.00 Å². The van der Waals surface area contributed by atoms with Crippen molar-refractivity contribution in [2.75, 3.05) is 5.32 Å². The van der Waals surface area contributed by atoms with Gasteiger partial charge in [-0.3, -0.25) is 14.9 Å². The smallest absolute Gasteiger partial charge is 0.257 e. The number of nitrogens with one attached hydrogen (secondary N) is 2. The summed E-state index contributed by atoms with van der Waals surface area (Å²) in [5.41, 5.74) is 8.85. The maximum atomic E-state index is 12.5. The van der Waals surface area contributed by atoms with Gasteiger partial charge in [-0.1, -0.05) is 32.9 Å². The van der Waals surface area contributed by atoms with E-state index in [2.05, 4.69) is 31.4 Å². The molecule has 0 aliphatic heterocycles. The first-order valence-corrected chi connectivity index (χ1v) is 10.6. The Kier molecular flexibility index (Phi) is 6.15. The van der Waals surface area contributed by atoms with Crippen molar-refractivity contribution >= 4 is 45.5 Å². The van der Waals surface area contributed by atoms with Gasteiger partial charge >= 0.3 is 0 Å². The maximum absolute atomic E-state index is 12.5. The lowest BCUT2D eigenvalue weighted by atomic mass is 9.88. The average Bonchev–Trinajstić information content (AvgIpc) is 2.98. The number of rotatable bonds is 4. The standard InChI is InChI=1S/C21H25N3O2S2/c1-11(2)13-5-7-14(8-6-13)19(26)23-21(27)24-20-17(18(22)25)15-9-4-12(3)10-16(15)28-20/h5-8,11-12H,4,9-10H2,1-3H3,(H2,22,25)(H2,23,24,26,27). The summed E-state index contributed by atoms with van der Waals surface area (Å²) < 4.78 is 0. The fraction of sp³-hybridized carbons (Fsp3) is 0.381. The zero-order valence-electron chi connectivity index (χ0n) is 16.3. The molecular formula is C21H25N3O2S2. The minimum absolute atomic E-state index is 0.159. The molecule has 0 radical (unpaired) electrons. The first-order chi connectivity index (χ1) is 13.3. The third-order valence-electron chi connectivity index (χ3n) is 5.05. The molecule has 1 heterocycles. The molecule has 3 rings (SSSR count). The Hall–Kier alpha value is -2.25. The van der Waals surface area contributed by atoms with E-state index in [1.54, 1.807) is 12.1 Å². The van der Waals surface area contributed by atoms with Crippen molar-refractivity contribution in [1.82, 2.24) is 5.32 Å². The van der Waals surface area contributed by atoms with Gasteiger partial charge in [0.1, 0.15) is 5.00 Å². The van der Waals surface area contributed by atoms with Crippen LogP contribution in [0.5, 0.6) is 0 Å². The number of thiophene rings is 1. The van der Waals surface area contributed by atoms with Gasteiger partial charge in [0, 0.05) is 10.4 Å². The number of primary amides is 1. The monoisotopic (exact) mass is 415 g/mol. The van der Waals surface area contributed by atoms with Crippen molar-refractivity contribution in [3.63, 3.8) is 0 Å². The fourth-order valence-corrected chi connectivity index (χ4v) is 5.11. The van der Waals surface area contributed by atoms with Gasteiger partial charge in [-0.05, 0) is 66.6 Å². The number of thiocarbonyl (C=S) groups is 1. The largest absolute Gasteiger partial charge is 0.365 e. The van der Waals surface area contributed by atoms with Gasteiger partial charge in [0.15, 0.2) is 5.11 Å². The molecule has 1 aliphatic carbocycles. The molecule has 2 aromatic rings. The fourth-order valence-electron chi connectivity index (χ4n) is 3.43. The van der Waals surface area contributed by atoms with Crippen LogP contribution in [0, 0.1) is 5.92 Å². The van der Waals surface area contributed by atoms with Crippen LogP contribution >= 0.6 is 23.6 Å². The van der Waals surface area contributed by atoms with E-state index in [-0.39, 0.29) is 11.0 Å². The zero-order valence-corrected chi connectivity index (χ0v) is 17.9. The quantitative estimate of drug-likeness (QED) is 0.653. The number of carbonyl (C=O) groups is 2. The first-order valence-electron chi connectivity index (χ1n) is 9.42. The number of hydrogen-bond acceptors (Lipinski definition) is 4. The van der Waals surface area contributed by atoms with E-state index in [4.69, 9.17) is 18.0 Å². The second-order valence-corrected chi connectivity index (χ2v) is 9.12. The summed E-state index contributed by atoms with van der Waals surface area (Å²) in [4.78, 5) is 25.6. The number of fused-ring (bicyclic) bond motifs is 1. The minimum Gasteiger partial charge on any atom is -0.365 e. The molecule has 1 aromatic carbocycles. The van der Waals surface area contributed by atoms with E-state index in [1.165, 1.54) is 21.8 Å². The number of nitrogens with two attached hydrogens (primary N) is 1. The molecule has 7 heteroatoms. The highest BCUT2D eigenvalue weighted by Gasteiger charge is 2.27. The van der Waals surface area contributed by atoms with Gasteiger partial charge in [-0.15, -0.1) is 11.3 Å². The van der Waals surface area contributed by atoms with Crippen LogP contribution in [0.25, 0.3) is 0 Å². The molecule has 1 unspecified atom stereocenters. The van der Waals surface area contributed by atoms with Crippen LogP contribution in [0.1, 0.15) is 69.8 Å². The van der Waals surface area contributed by atoms with E-state index in [9.17, 15) is 9.59 Å². The van der Waals surface area contributed by atoms with E-state index in [0.29, 0.717) is 28.0 Å². The van der Waals surface area contributed by atoms with Gasteiger partial charge in [0.25, 0.3) is 11.8 Å². The summed E-state index contributed by atoms with van der Waals surface area (Å²) in [6.45, 7) is 6.41. The molecule has 0 spiro atoms. The predicted molar refractivity (Wildman–Crippen MR) is 118 cm³/mol. The van der Waals surface area contributed by atoms with E-state index < -0.39 is 5.91 Å². The summed E-state index contributed by atoms with van der Waals surface area (Å²) in [6, 6.07) is 7.45. The van der Waals surface area contributed by atoms with Crippen molar-refractivity contribution in [3.05, 3.63) is 51.4 Å². The summed E-state index contributed by atoms with van der Waals surface area (Å²) >= 11 is 6.80. The van der Waals surface area contributed by atoms with Crippen molar-refractivity contribution in [2.24, 2.45) is 11.7 Å². The molecule has 0 fully saturated rings. The number of amides is 2. The highest BCUT2D eigenvalue weighted by atomic mass is 32.1. The molecule has 5 nitrogen and oxygen atoms in total. The van der Waals surface area contributed by atoms with Gasteiger partial charge < -0.3 is 11.1 Å². The first kappa shape index (κ1) is 20.5. The van der Waals surface area contributed by atoms with Crippen LogP contribution in [0.2, 0.25) is 0 Å². The van der Waals surface area contributed by atoms with Gasteiger partial charge in [0.05, 0.1) is 5.56 Å². The molecule has 1 aliphatic rings. The van der Waals surface area contributed by atoms with Crippen molar-refractivity contribution in [2.45, 2.75) is 46.0 Å². The lowest BCUT2D eigenvalue weighted by molar-refractivity contribution is 0.0975. The number of carbonyl (C=O) groups excluding carboxylic acids is 2. The molecule has 1 atom stereocenters. The van der Waals surface area contributed by atoms with Crippen LogP contribution in [0.15, 0.2) is 24.3 Å². The molecule has 28 heavy (non-hydrogen) atoms. The topological polar surface area (TPSA) is 84.2 Å². The molecule has 0 saturated carbocycles. The van der Waals surface area contributed by atoms with Gasteiger partial charge in [-0.2, -0.15) is 0 Å². The summed E-state index contributed by atoms with van der Waals surface area (Å²) in [7, 11) is 0. The third-order valence-corrected chi connectivity index (χ3v) is 6.43. The van der Waals surface area contributed by atoms with Crippen LogP contribution < -0.4 is 16.4 Å². The van der Waals surface area contributed by atoms with E-state index >= 15 is 0 Å². The minimum atomic E-state index is -0.465. The Labute approximate surface area is 174 Å². The van der Waals surface area contributed by atoms with E-state index in [1.807, 2.05) is 12.1 Å². The lowest BCUT2D eigenvalue weighted by Crippen LogP contribution is -2.34. The Bertz CT molecular complexity index is 916. The van der Waals surface area contributed by atoms with Crippen molar-refractivity contribution in [1.29, 1.82) is 0 Å². The second-order valence-electron chi connectivity index (χ2n) is 7.61. The Morgan fingerprint density at radius 1 is 1.25 bits per heavy atom. The molecule has 4 N–H and O–H groups in total. The third kappa shape index (κ3) is 4.42. The van der Waals surface area contributed by atoms with E-state index in [0.717, 1.165) is 24.8 Å². The Morgan fingerprint density at radius 3 is 2.54 bits per heavy atom. The number of benzene rings is 1. The summed E-state index contributed by atoms with van der Waals surface area (Å²) in [6.07, 6.45) is 2.81. The van der Waals surface area contributed by atoms with Crippen LogP contribution in [-0.2, 0) is 12.8 Å². The number of anilines is 1. The molecular weight excluding hydrogens is 390 g/mol. The SMILES string of the molecule is CC1CCc2c(sc(NC(=S)NC(=O)c3ccc(C(C)C)cc3)c2C(N)=O)C1.